The van der Waals surface area contributed by atoms with Crippen molar-refractivity contribution in [1.82, 2.24) is 25.1 Å². The Morgan fingerprint density at radius 2 is 1.66 bits per heavy atom. The van der Waals surface area contributed by atoms with Crippen molar-refractivity contribution in [3.8, 4) is 40.1 Å². The van der Waals surface area contributed by atoms with Gasteiger partial charge in [0.15, 0.2) is 0 Å². The van der Waals surface area contributed by atoms with E-state index in [-0.39, 0.29) is 29.3 Å². The molecule has 0 radical (unpaired) electrons. The summed E-state index contributed by atoms with van der Waals surface area (Å²) >= 11 is 0. The lowest BCUT2D eigenvalue weighted by Gasteiger charge is -2.05. The van der Waals surface area contributed by atoms with Crippen molar-refractivity contribution in [3.63, 3.8) is 0 Å². The number of ether oxygens (including phenoxy) is 1. The number of carboxylic acid groups (broad SMARTS) is 1. The third-order valence-electron chi connectivity index (χ3n) is 4.72. The van der Waals surface area contributed by atoms with E-state index in [1.54, 1.807) is 18.3 Å². The van der Waals surface area contributed by atoms with Crippen LogP contribution < -0.4 is 10.3 Å². The van der Waals surface area contributed by atoms with Gasteiger partial charge in [0.2, 0.25) is 5.82 Å². The van der Waals surface area contributed by atoms with Crippen LogP contribution in [0.15, 0.2) is 94.5 Å². The molecule has 10 heteroatoms. The first kappa shape index (κ1) is 23.1. The van der Waals surface area contributed by atoms with Gasteiger partial charge < -0.3 is 19.4 Å². The number of carbonyl (C=O) groups is 1. The van der Waals surface area contributed by atoms with Crippen LogP contribution in [0, 0.1) is 0 Å². The zero-order chi connectivity index (χ0) is 24.5. The largest absolute Gasteiger partial charge is 0.487 e. The molecule has 0 aliphatic carbocycles. The van der Waals surface area contributed by atoms with Crippen LogP contribution in [0.5, 0.6) is 5.75 Å². The molecule has 0 spiro atoms. The summed E-state index contributed by atoms with van der Waals surface area (Å²) in [7, 11) is 0. The molecule has 5 rings (SSSR count). The topological polar surface area (TPSA) is 144 Å². The van der Waals surface area contributed by atoms with Crippen molar-refractivity contribution in [1.29, 1.82) is 0 Å². The van der Waals surface area contributed by atoms with E-state index in [1.807, 2.05) is 60.7 Å². The van der Waals surface area contributed by atoms with Gasteiger partial charge >= 0.3 is 0 Å². The number of aromatic amines is 1. The molecule has 10 nitrogen and oxygen atoms in total. The predicted molar refractivity (Wildman–Crippen MR) is 126 cm³/mol. The van der Waals surface area contributed by atoms with Crippen molar-refractivity contribution in [2.75, 3.05) is 0 Å². The summed E-state index contributed by atoms with van der Waals surface area (Å²) in [5.41, 5.74) is 2.19. The quantitative estimate of drug-likeness (QED) is 0.354. The first-order valence-corrected chi connectivity index (χ1v) is 10.4. The second-order valence-corrected chi connectivity index (χ2v) is 7.02. The maximum absolute atomic E-state index is 12.5. The molecule has 0 saturated carbocycles. The molecule has 3 heterocycles. The van der Waals surface area contributed by atoms with E-state index >= 15 is 0 Å². The summed E-state index contributed by atoms with van der Waals surface area (Å²) in [5, 5.41) is 10.8. The minimum atomic E-state index is -0.369. The molecule has 0 atom stereocenters. The number of rotatable bonds is 6. The van der Waals surface area contributed by atoms with Crippen LogP contribution in [0.1, 0.15) is 5.56 Å². The van der Waals surface area contributed by atoms with E-state index in [0.717, 1.165) is 11.1 Å². The molecule has 5 aromatic rings. The van der Waals surface area contributed by atoms with Crippen molar-refractivity contribution in [2.45, 2.75) is 6.61 Å². The number of benzene rings is 2. The molecule has 0 amide bonds. The van der Waals surface area contributed by atoms with Crippen LogP contribution in [0.2, 0.25) is 0 Å². The average molecular weight is 469 g/mol. The molecule has 0 fully saturated rings. The van der Waals surface area contributed by atoms with E-state index in [4.69, 9.17) is 19.2 Å². The summed E-state index contributed by atoms with van der Waals surface area (Å²) in [6.45, 7) is 0.197. The van der Waals surface area contributed by atoms with Crippen LogP contribution >= 0.6 is 0 Å². The number of pyridine rings is 1. The second-order valence-electron chi connectivity index (χ2n) is 7.02. The second kappa shape index (κ2) is 11.1. The zero-order valence-electron chi connectivity index (χ0n) is 18.2. The number of nitrogens with one attached hydrogen (secondary N) is 1. The Balaban J connectivity index is 0.000000917. The number of hydrogen-bond donors (Lipinski definition) is 2. The van der Waals surface area contributed by atoms with Gasteiger partial charge in [-0.3, -0.25) is 9.59 Å². The fourth-order valence-corrected chi connectivity index (χ4v) is 3.07. The summed E-state index contributed by atoms with van der Waals surface area (Å²) in [6.07, 6.45) is 3.02. The predicted octanol–water partition coefficient (Wildman–Crippen LogP) is 3.83. The van der Waals surface area contributed by atoms with Gasteiger partial charge in [-0.1, -0.05) is 65.8 Å². The van der Waals surface area contributed by atoms with Crippen molar-refractivity contribution < 1.29 is 19.2 Å². The smallest absolute Gasteiger partial charge is 0.290 e. The number of aromatic nitrogens is 5. The Kier molecular flexibility index (Phi) is 7.34. The van der Waals surface area contributed by atoms with Crippen molar-refractivity contribution >= 4 is 6.47 Å². The van der Waals surface area contributed by atoms with Crippen LogP contribution in [-0.2, 0) is 11.4 Å². The lowest BCUT2D eigenvalue weighted by atomic mass is 10.2. The Morgan fingerprint density at radius 1 is 0.943 bits per heavy atom. The molecular formula is C25H19N5O5. The van der Waals surface area contributed by atoms with Crippen LogP contribution in [-0.4, -0.2) is 36.7 Å². The highest BCUT2D eigenvalue weighted by Gasteiger charge is 2.16. The van der Waals surface area contributed by atoms with E-state index in [0.29, 0.717) is 23.9 Å². The molecule has 3 aromatic heterocycles. The van der Waals surface area contributed by atoms with Crippen molar-refractivity contribution in [3.05, 3.63) is 101 Å². The van der Waals surface area contributed by atoms with Gasteiger partial charge in [-0.2, -0.15) is 4.98 Å². The fraction of sp³-hybridized carbons (Fsp3) is 0.0400. The van der Waals surface area contributed by atoms with Gasteiger partial charge in [0, 0.05) is 11.8 Å². The number of hydrogen-bond acceptors (Lipinski definition) is 8. The molecule has 2 aromatic carbocycles. The van der Waals surface area contributed by atoms with E-state index in [2.05, 4.69) is 25.1 Å². The molecule has 0 aliphatic heterocycles. The van der Waals surface area contributed by atoms with Gasteiger partial charge in [0.05, 0.1) is 6.20 Å². The molecule has 0 aliphatic rings. The Labute approximate surface area is 198 Å². The van der Waals surface area contributed by atoms with Crippen LogP contribution in [0.25, 0.3) is 34.4 Å². The van der Waals surface area contributed by atoms with Gasteiger partial charge in [-0.05, 0) is 17.7 Å². The maximum Gasteiger partial charge on any atom is 0.290 e. The highest BCUT2D eigenvalue weighted by molar-refractivity contribution is 5.59. The first-order valence-electron chi connectivity index (χ1n) is 10.4. The highest BCUT2D eigenvalue weighted by Crippen LogP contribution is 2.21. The summed E-state index contributed by atoms with van der Waals surface area (Å²) in [6, 6.07) is 22.7. The zero-order valence-corrected chi connectivity index (χ0v) is 18.2. The molecule has 2 N–H and O–H groups in total. The van der Waals surface area contributed by atoms with Gasteiger partial charge in [0.1, 0.15) is 29.4 Å². The van der Waals surface area contributed by atoms with E-state index in [1.165, 1.54) is 6.20 Å². The van der Waals surface area contributed by atoms with Crippen molar-refractivity contribution in [2.24, 2.45) is 0 Å². The lowest BCUT2D eigenvalue weighted by molar-refractivity contribution is -0.122. The minimum Gasteiger partial charge on any atom is -0.487 e. The highest BCUT2D eigenvalue weighted by atomic mass is 16.5. The fourth-order valence-electron chi connectivity index (χ4n) is 3.07. The molecule has 0 saturated heterocycles. The average Bonchev–Trinajstić information content (AvgIpc) is 3.39. The van der Waals surface area contributed by atoms with Gasteiger partial charge in [-0.15, -0.1) is 0 Å². The molecule has 174 valence electrons. The van der Waals surface area contributed by atoms with Crippen LogP contribution in [0.3, 0.4) is 0 Å². The number of nitrogens with zero attached hydrogens (tertiary/aromatic N) is 4. The summed E-state index contributed by atoms with van der Waals surface area (Å²) in [4.78, 5) is 36.6. The Hall–Kier alpha value is -5.12. The molecule has 35 heavy (non-hydrogen) atoms. The monoisotopic (exact) mass is 469 g/mol. The van der Waals surface area contributed by atoms with Crippen LogP contribution in [0.4, 0.5) is 0 Å². The third kappa shape index (κ3) is 5.82. The lowest BCUT2D eigenvalue weighted by Crippen LogP contribution is -2.11. The summed E-state index contributed by atoms with van der Waals surface area (Å²) < 4.78 is 11.0. The first-order chi connectivity index (χ1) is 17.2. The standard InChI is InChI=1S/C24H17N5O3.CH2O2/c30-23-19(14-26-21(27-23)17-9-5-2-6-10-17)24-28-22(29-32-24)20-12-11-18(13-25-20)31-15-16-7-3-1-4-8-16;2-1-3/h1-14H,15H2,(H,26,27,30);1H,(H,2,3). The van der Waals surface area contributed by atoms with Gasteiger partial charge in [-0.25, -0.2) is 9.97 Å². The molecule has 0 unspecified atom stereocenters. The third-order valence-corrected chi connectivity index (χ3v) is 4.72. The Bertz CT molecular complexity index is 1430. The number of H-pyrrole nitrogens is 1. The Morgan fingerprint density at radius 3 is 2.31 bits per heavy atom. The molecular weight excluding hydrogens is 450 g/mol. The SMILES string of the molecule is O=CO.O=c1[nH]c(-c2ccccc2)ncc1-c1nc(-c2ccc(OCc3ccccc3)cn2)no1. The normalized spacial score (nSPS) is 10.2. The summed E-state index contributed by atoms with van der Waals surface area (Å²) in [5.74, 6) is 1.42. The van der Waals surface area contributed by atoms with E-state index < -0.39 is 0 Å². The van der Waals surface area contributed by atoms with Gasteiger partial charge in [0.25, 0.3) is 17.9 Å². The minimum absolute atomic E-state index is 0.0690. The van der Waals surface area contributed by atoms with E-state index in [9.17, 15) is 4.79 Å². The maximum atomic E-state index is 12.5. The molecule has 0 bridgehead atoms.